The molecule has 0 bridgehead atoms. The molecule has 0 fully saturated rings. The van der Waals surface area contributed by atoms with Crippen molar-refractivity contribution in [2.45, 2.75) is 4.90 Å². The van der Waals surface area contributed by atoms with Crippen molar-refractivity contribution in [1.82, 2.24) is 0 Å². The van der Waals surface area contributed by atoms with Crippen LogP contribution in [0.2, 0.25) is 10.0 Å². The van der Waals surface area contributed by atoms with Crippen LogP contribution in [0.25, 0.3) is 0 Å². The van der Waals surface area contributed by atoms with E-state index in [0.717, 1.165) is 0 Å². The summed E-state index contributed by atoms with van der Waals surface area (Å²) in [6.45, 7) is 0. The number of halogens is 2. The van der Waals surface area contributed by atoms with Gasteiger partial charge in [0, 0.05) is 6.07 Å². The molecule has 0 atom stereocenters. The molecule has 0 saturated carbocycles. The van der Waals surface area contributed by atoms with E-state index in [2.05, 4.69) is 0 Å². The van der Waals surface area contributed by atoms with Gasteiger partial charge in [-0.15, -0.1) is 0 Å². The number of hydrogen-bond acceptors (Lipinski definition) is 4. The van der Waals surface area contributed by atoms with Crippen molar-refractivity contribution in [2.75, 3.05) is 14.2 Å². The van der Waals surface area contributed by atoms with E-state index >= 15 is 0 Å². The molecule has 0 aliphatic heterocycles. The molecule has 0 aromatic heterocycles. The third-order valence-corrected chi connectivity index (χ3v) is 3.45. The summed E-state index contributed by atoms with van der Waals surface area (Å²) in [7, 11) is -2.06. The summed E-state index contributed by atoms with van der Waals surface area (Å²) in [5.41, 5.74) is 0. The van der Waals surface area contributed by atoms with Crippen LogP contribution >= 0.6 is 23.2 Å². The van der Waals surface area contributed by atoms with E-state index in [-0.39, 0.29) is 72.9 Å². The van der Waals surface area contributed by atoms with Crippen LogP contribution in [0.15, 0.2) is 11.0 Å². The molecule has 1 aromatic carbocycles. The first-order valence-corrected chi connectivity index (χ1v) is 6.10. The van der Waals surface area contributed by atoms with Gasteiger partial charge in [-0.05, 0) is 0 Å². The molecule has 0 aliphatic carbocycles. The van der Waals surface area contributed by atoms with Gasteiger partial charge in [0.2, 0.25) is 0 Å². The van der Waals surface area contributed by atoms with E-state index in [4.69, 9.17) is 37.2 Å². The number of methoxy groups -OCH3 is 2. The summed E-state index contributed by atoms with van der Waals surface area (Å²) in [5, 5.41) is -0.317. The van der Waals surface area contributed by atoms with E-state index in [0.29, 0.717) is 0 Å². The molecule has 9 heteroatoms. The van der Waals surface area contributed by atoms with Crippen LogP contribution in [0.5, 0.6) is 11.5 Å². The van der Waals surface area contributed by atoms with Crippen LogP contribution < -0.4 is 9.47 Å². The Morgan fingerprint density at radius 1 is 1.24 bits per heavy atom. The minimum atomic E-state index is -4.55. The third-order valence-electron chi connectivity index (χ3n) is 1.78. The first-order chi connectivity index (χ1) is 7.32. The SMILES string of the molecule is COc1cc(Cl)c(OC)c(S(=O)(=O)O)c1Cl.[KH]. The zero-order chi connectivity index (χ0) is 12.5. The van der Waals surface area contributed by atoms with Crippen molar-refractivity contribution in [2.24, 2.45) is 0 Å². The van der Waals surface area contributed by atoms with Gasteiger partial charge in [-0.3, -0.25) is 4.55 Å². The van der Waals surface area contributed by atoms with E-state index in [9.17, 15) is 8.42 Å². The number of rotatable bonds is 3. The van der Waals surface area contributed by atoms with Crippen LogP contribution in [0, 0.1) is 0 Å². The van der Waals surface area contributed by atoms with Gasteiger partial charge in [0.15, 0.2) is 10.6 Å². The molecular formula is C8H9Cl2KO5S. The van der Waals surface area contributed by atoms with Crippen LogP contribution in [-0.4, -0.2) is 78.6 Å². The van der Waals surface area contributed by atoms with Gasteiger partial charge < -0.3 is 9.47 Å². The molecule has 0 spiro atoms. The van der Waals surface area contributed by atoms with E-state index in [1.54, 1.807) is 0 Å². The van der Waals surface area contributed by atoms with Crippen molar-refractivity contribution in [3.63, 3.8) is 0 Å². The van der Waals surface area contributed by atoms with Crippen molar-refractivity contribution in [1.29, 1.82) is 0 Å². The predicted octanol–water partition coefficient (Wildman–Crippen LogP) is 1.61. The van der Waals surface area contributed by atoms with Crippen molar-refractivity contribution in [3.05, 3.63) is 16.1 Å². The van der Waals surface area contributed by atoms with Crippen LogP contribution in [0.3, 0.4) is 0 Å². The second-order valence-electron chi connectivity index (χ2n) is 2.71. The summed E-state index contributed by atoms with van der Waals surface area (Å²) in [4.78, 5) is -0.610. The molecule has 1 aromatic rings. The van der Waals surface area contributed by atoms with Gasteiger partial charge in [-0.1, -0.05) is 23.2 Å². The minimum absolute atomic E-state index is 0. The van der Waals surface area contributed by atoms with E-state index in [1.165, 1.54) is 20.3 Å². The average Bonchev–Trinajstić information content (AvgIpc) is 2.18. The first-order valence-electron chi connectivity index (χ1n) is 3.90. The summed E-state index contributed by atoms with van der Waals surface area (Å²) in [6.07, 6.45) is 0. The summed E-state index contributed by atoms with van der Waals surface area (Å²) >= 11 is 11.5. The normalized spacial score (nSPS) is 10.6. The first kappa shape index (κ1) is 17.9. The third kappa shape index (κ3) is 3.95. The van der Waals surface area contributed by atoms with Gasteiger partial charge in [0.05, 0.1) is 19.2 Å². The van der Waals surface area contributed by atoms with Gasteiger partial charge in [0.1, 0.15) is 10.8 Å². The quantitative estimate of drug-likeness (QED) is 0.674. The summed E-state index contributed by atoms with van der Waals surface area (Å²) in [5.74, 6) is -0.199. The fourth-order valence-corrected chi connectivity index (χ4v) is 2.72. The van der Waals surface area contributed by atoms with E-state index in [1.807, 2.05) is 0 Å². The average molecular weight is 327 g/mol. The van der Waals surface area contributed by atoms with Crippen molar-refractivity contribution in [3.8, 4) is 11.5 Å². The van der Waals surface area contributed by atoms with E-state index < -0.39 is 15.0 Å². The van der Waals surface area contributed by atoms with Gasteiger partial charge >= 0.3 is 51.4 Å². The molecule has 0 heterocycles. The molecule has 17 heavy (non-hydrogen) atoms. The van der Waals surface area contributed by atoms with Gasteiger partial charge in [-0.25, -0.2) is 0 Å². The van der Waals surface area contributed by atoms with Crippen LogP contribution in [0.4, 0.5) is 0 Å². The van der Waals surface area contributed by atoms with Gasteiger partial charge in [-0.2, -0.15) is 8.42 Å². The molecule has 0 unspecified atom stereocenters. The Kier molecular flexibility index (Phi) is 7.31. The Morgan fingerprint density at radius 2 is 1.76 bits per heavy atom. The molecular weight excluding hydrogens is 318 g/mol. The fourth-order valence-electron chi connectivity index (χ4n) is 1.13. The Balaban J connectivity index is 0.00000256. The molecule has 0 amide bonds. The second kappa shape index (κ2) is 6.92. The zero-order valence-electron chi connectivity index (χ0n) is 8.32. The van der Waals surface area contributed by atoms with Crippen molar-refractivity contribution >= 4 is 84.7 Å². The predicted molar refractivity (Wildman–Crippen MR) is 66.5 cm³/mol. The Morgan fingerprint density at radius 3 is 2.12 bits per heavy atom. The number of ether oxygens (including phenoxy) is 2. The Labute approximate surface area is 152 Å². The second-order valence-corrected chi connectivity index (χ2v) is 4.86. The molecule has 0 aliphatic rings. The molecule has 1 N–H and O–H groups in total. The van der Waals surface area contributed by atoms with Gasteiger partial charge in [0.25, 0.3) is 10.1 Å². The standard InChI is InChI=1S/C8H8Cl2O5S.K.H/c1-14-5-3-4(9)7(15-2)8(6(5)10)16(11,12)13;;/h3H,1-2H3,(H,11,12,13);;. The maximum atomic E-state index is 11.1. The number of benzene rings is 1. The zero-order valence-corrected chi connectivity index (χ0v) is 10.7. The fraction of sp³-hybridized carbons (Fsp3) is 0.250. The molecule has 0 radical (unpaired) electrons. The maximum absolute atomic E-state index is 11.1. The molecule has 92 valence electrons. The molecule has 0 saturated heterocycles. The summed E-state index contributed by atoms with van der Waals surface area (Å²) < 4.78 is 40.9. The topological polar surface area (TPSA) is 72.8 Å². The molecule has 1 rings (SSSR count). The number of hydrogen-bond donors (Lipinski definition) is 1. The Hall–Kier alpha value is 0.946. The monoisotopic (exact) mass is 326 g/mol. The van der Waals surface area contributed by atoms with Crippen molar-refractivity contribution < 1.29 is 22.4 Å². The Bertz CT molecular complexity index is 517. The van der Waals surface area contributed by atoms with Crippen LogP contribution in [0.1, 0.15) is 0 Å². The molecule has 5 nitrogen and oxygen atoms in total. The van der Waals surface area contributed by atoms with Crippen LogP contribution in [-0.2, 0) is 10.1 Å². The summed E-state index contributed by atoms with van der Waals surface area (Å²) in [6, 6.07) is 1.29.